The number of carboxylic acid groups (broad SMARTS) is 1. The number of carboxylic acids is 1. The number of ether oxygens (including phenoxy) is 6. The van der Waals surface area contributed by atoms with Gasteiger partial charge in [0.15, 0.2) is 25.0 Å². The molecule has 13 heteroatoms. The average molecular weight is 425 g/mol. The first-order valence-corrected chi connectivity index (χ1v) is 8.77. The number of rotatable bonds is 9. The van der Waals surface area contributed by atoms with Crippen molar-refractivity contribution in [2.24, 2.45) is 0 Å². The van der Waals surface area contributed by atoms with Gasteiger partial charge < -0.3 is 53.6 Å². The third-order valence-electron chi connectivity index (χ3n) is 4.79. The first-order chi connectivity index (χ1) is 13.8. The Labute approximate surface area is 166 Å². The van der Waals surface area contributed by atoms with E-state index in [9.17, 15) is 30.0 Å². The van der Waals surface area contributed by atoms with Gasteiger partial charge in [-0.1, -0.05) is 0 Å². The van der Waals surface area contributed by atoms with Gasteiger partial charge in [0.1, 0.15) is 36.6 Å². The summed E-state index contributed by atoms with van der Waals surface area (Å²) in [5.74, 6) is -1.45. The molecule has 13 nitrogen and oxygen atoms in total. The SMILES string of the molecule is COCNC1C(OC)OC(C=O)C(O)C1OC1OC(C(=O)O)C(OC)C(O)C1O. The Kier molecular flexibility index (Phi) is 8.84. The zero-order chi connectivity index (χ0) is 21.7. The molecule has 168 valence electrons. The van der Waals surface area contributed by atoms with Crippen LogP contribution >= 0.6 is 0 Å². The lowest BCUT2D eigenvalue weighted by Gasteiger charge is -2.46. The number of aldehydes is 1. The van der Waals surface area contributed by atoms with E-state index in [0.29, 0.717) is 6.29 Å². The third kappa shape index (κ3) is 5.08. The molecule has 2 heterocycles. The summed E-state index contributed by atoms with van der Waals surface area (Å²) in [6.07, 6.45) is -12.8. The zero-order valence-corrected chi connectivity index (χ0v) is 16.1. The molecule has 0 aromatic heterocycles. The number of methoxy groups -OCH3 is 3. The maximum atomic E-state index is 11.5. The minimum Gasteiger partial charge on any atom is -0.479 e. The first-order valence-electron chi connectivity index (χ1n) is 8.77. The van der Waals surface area contributed by atoms with Gasteiger partial charge in [-0.2, -0.15) is 0 Å². The lowest BCUT2D eigenvalue weighted by atomic mass is 9.95. The summed E-state index contributed by atoms with van der Waals surface area (Å²) in [5.41, 5.74) is 0. The molecule has 2 aliphatic heterocycles. The van der Waals surface area contributed by atoms with Gasteiger partial charge in [-0.3, -0.25) is 5.32 Å². The normalized spacial score (nSPS) is 43.1. The summed E-state index contributed by atoms with van der Waals surface area (Å²) in [6.45, 7) is -0.00752. The van der Waals surface area contributed by atoms with Crippen molar-refractivity contribution in [2.75, 3.05) is 28.1 Å². The highest BCUT2D eigenvalue weighted by Crippen LogP contribution is 2.30. The molecule has 0 spiro atoms. The van der Waals surface area contributed by atoms with Crippen molar-refractivity contribution < 1.29 is 58.4 Å². The smallest absolute Gasteiger partial charge is 0.335 e. The third-order valence-corrected chi connectivity index (χ3v) is 4.79. The van der Waals surface area contributed by atoms with E-state index in [1.54, 1.807) is 0 Å². The van der Waals surface area contributed by atoms with Gasteiger partial charge in [0.2, 0.25) is 0 Å². The van der Waals surface area contributed by atoms with Gasteiger partial charge in [0, 0.05) is 21.3 Å². The summed E-state index contributed by atoms with van der Waals surface area (Å²) in [6, 6.07) is -0.900. The molecule has 29 heavy (non-hydrogen) atoms. The molecule has 0 amide bonds. The van der Waals surface area contributed by atoms with Gasteiger partial charge in [-0.05, 0) is 0 Å². The van der Waals surface area contributed by atoms with E-state index in [2.05, 4.69) is 5.32 Å². The standard InChI is InChI=1S/C16H27NO12/c1-24-5-17-7-11(8(19)6(4-18)27-15(7)26-3)28-16-10(21)9(20)12(25-2)13(29-16)14(22)23/h4,6-13,15-17,19-21H,5H2,1-3H3,(H,22,23). The Morgan fingerprint density at radius 3 is 2.21 bits per heavy atom. The van der Waals surface area contributed by atoms with Crippen molar-refractivity contribution in [3.05, 3.63) is 0 Å². The molecule has 10 atom stereocenters. The van der Waals surface area contributed by atoms with Gasteiger partial charge in [0.25, 0.3) is 0 Å². The predicted octanol–water partition coefficient (Wildman–Crippen LogP) is -3.59. The van der Waals surface area contributed by atoms with Crippen molar-refractivity contribution in [3.8, 4) is 0 Å². The van der Waals surface area contributed by atoms with Crippen LogP contribution in [-0.4, -0.2) is 122 Å². The maximum Gasteiger partial charge on any atom is 0.335 e. The fraction of sp³-hybridized carbons (Fsp3) is 0.875. The molecule has 0 bridgehead atoms. The molecule has 2 fully saturated rings. The minimum atomic E-state index is -1.70. The van der Waals surface area contributed by atoms with Crippen LogP contribution in [-0.2, 0) is 38.0 Å². The fourth-order valence-corrected chi connectivity index (χ4v) is 3.31. The number of carbonyl (C=O) groups is 2. The number of aliphatic carboxylic acids is 1. The Morgan fingerprint density at radius 2 is 1.69 bits per heavy atom. The summed E-state index contributed by atoms with van der Waals surface area (Å²) < 4.78 is 31.3. The Bertz CT molecular complexity index is 550. The Hall–Kier alpha value is -1.26. The van der Waals surface area contributed by atoms with Gasteiger partial charge in [0.05, 0.1) is 12.8 Å². The number of hydrogen-bond donors (Lipinski definition) is 5. The van der Waals surface area contributed by atoms with E-state index < -0.39 is 67.3 Å². The van der Waals surface area contributed by atoms with Gasteiger partial charge in [-0.15, -0.1) is 0 Å². The number of carbonyl (C=O) groups excluding carboxylic acids is 1. The molecule has 5 N–H and O–H groups in total. The van der Waals surface area contributed by atoms with E-state index in [-0.39, 0.29) is 6.73 Å². The molecule has 0 radical (unpaired) electrons. The number of aliphatic hydroxyl groups excluding tert-OH is 3. The van der Waals surface area contributed by atoms with Crippen LogP contribution in [0.2, 0.25) is 0 Å². The highest BCUT2D eigenvalue weighted by Gasteiger charge is 2.53. The molecule has 0 saturated carbocycles. The van der Waals surface area contributed by atoms with Crippen LogP contribution in [0.15, 0.2) is 0 Å². The molecule has 2 saturated heterocycles. The number of nitrogens with one attached hydrogen (secondary N) is 1. The largest absolute Gasteiger partial charge is 0.479 e. The molecular weight excluding hydrogens is 398 g/mol. The van der Waals surface area contributed by atoms with Crippen molar-refractivity contribution in [2.45, 2.75) is 61.3 Å². The molecule has 2 aliphatic rings. The Morgan fingerprint density at radius 1 is 1.00 bits per heavy atom. The van der Waals surface area contributed by atoms with Crippen LogP contribution in [0.5, 0.6) is 0 Å². The Balaban J connectivity index is 2.27. The molecule has 0 aliphatic carbocycles. The number of aliphatic hydroxyl groups is 3. The van der Waals surface area contributed by atoms with E-state index in [4.69, 9.17) is 28.4 Å². The van der Waals surface area contributed by atoms with Crippen molar-refractivity contribution >= 4 is 12.3 Å². The molecular formula is C16H27NO12. The molecule has 0 aromatic carbocycles. The number of hydrogen-bond acceptors (Lipinski definition) is 12. The van der Waals surface area contributed by atoms with Gasteiger partial charge in [-0.25, -0.2) is 4.79 Å². The fourth-order valence-electron chi connectivity index (χ4n) is 3.31. The van der Waals surface area contributed by atoms with E-state index >= 15 is 0 Å². The second-order valence-corrected chi connectivity index (χ2v) is 6.54. The van der Waals surface area contributed by atoms with Crippen molar-refractivity contribution in [1.29, 1.82) is 0 Å². The maximum absolute atomic E-state index is 11.5. The molecule has 0 aromatic rings. The summed E-state index contributed by atoms with van der Waals surface area (Å²) in [4.78, 5) is 22.7. The van der Waals surface area contributed by atoms with Crippen LogP contribution < -0.4 is 5.32 Å². The summed E-state index contributed by atoms with van der Waals surface area (Å²) in [7, 11) is 3.87. The van der Waals surface area contributed by atoms with Crippen LogP contribution in [0.3, 0.4) is 0 Å². The van der Waals surface area contributed by atoms with Crippen molar-refractivity contribution in [3.63, 3.8) is 0 Å². The average Bonchev–Trinajstić information content (AvgIpc) is 2.71. The van der Waals surface area contributed by atoms with Crippen LogP contribution in [0.4, 0.5) is 0 Å². The lowest BCUT2D eigenvalue weighted by molar-refractivity contribution is -0.336. The monoisotopic (exact) mass is 425 g/mol. The molecule has 10 unspecified atom stereocenters. The highest BCUT2D eigenvalue weighted by molar-refractivity contribution is 5.73. The summed E-state index contributed by atoms with van der Waals surface area (Å²) in [5, 5.41) is 43.2. The van der Waals surface area contributed by atoms with E-state index in [1.807, 2.05) is 0 Å². The second kappa shape index (κ2) is 10.7. The second-order valence-electron chi connectivity index (χ2n) is 6.54. The quantitative estimate of drug-likeness (QED) is 0.181. The first kappa shape index (κ1) is 24.0. The molecule has 2 rings (SSSR count). The minimum absolute atomic E-state index is 0.00752. The van der Waals surface area contributed by atoms with Crippen LogP contribution in [0.25, 0.3) is 0 Å². The topological polar surface area (TPSA) is 182 Å². The predicted molar refractivity (Wildman–Crippen MR) is 90.5 cm³/mol. The summed E-state index contributed by atoms with van der Waals surface area (Å²) >= 11 is 0. The highest BCUT2D eigenvalue weighted by atomic mass is 16.7. The van der Waals surface area contributed by atoms with E-state index in [0.717, 1.165) is 7.11 Å². The van der Waals surface area contributed by atoms with Crippen molar-refractivity contribution in [1.82, 2.24) is 5.32 Å². The van der Waals surface area contributed by atoms with Gasteiger partial charge >= 0.3 is 5.97 Å². The zero-order valence-electron chi connectivity index (χ0n) is 16.1. The lowest BCUT2D eigenvalue weighted by Crippen LogP contribution is -2.67. The van der Waals surface area contributed by atoms with Crippen LogP contribution in [0, 0.1) is 0 Å². The van der Waals surface area contributed by atoms with Crippen LogP contribution in [0.1, 0.15) is 0 Å². The van der Waals surface area contributed by atoms with E-state index in [1.165, 1.54) is 14.2 Å².